The van der Waals surface area contributed by atoms with Gasteiger partial charge in [0, 0.05) is 12.3 Å². The number of thioether (sulfide) groups is 1. The van der Waals surface area contributed by atoms with Crippen LogP contribution in [0.5, 0.6) is 0 Å². The van der Waals surface area contributed by atoms with Crippen LogP contribution in [0.3, 0.4) is 0 Å². The second kappa shape index (κ2) is 5.97. The monoisotopic (exact) mass is 389 g/mol. The van der Waals surface area contributed by atoms with Gasteiger partial charge in [0.25, 0.3) is 0 Å². The van der Waals surface area contributed by atoms with E-state index in [-0.39, 0.29) is 23.7 Å². The molecule has 4 atom stereocenters. The van der Waals surface area contributed by atoms with E-state index in [9.17, 15) is 19.5 Å². The number of carbonyl (C=O) groups excluding carboxylic acids is 2. The molecule has 0 spiro atoms. The van der Waals surface area contributed by atoms with Crippen LogP contribution in [0.2, 0.25) is 0 Å². The van der Waals surface area contributed by atoms with Crippen LogP contribution in [-0.4, -0.2) is 62.1 Å². The molecule has 1 aromatic rings. The molecular formula is C19H23N3O4S. The number of carboxylic acids is 1. The molecule has 3 heterocycles. The van der Waals surface area contributed by atoms with Gasteiger partial charge in [-0.05, 0) is 26.3 Å². The molecule has 0 bridgehead atoms. The summed E-state index contributed by atoms with van der Waals surface area (Å²) in [5.41, 5.74) is -0.744. The normalized spacial score (nSPS) is 35.0. The fourth-order valence-corrected chi connectivity index (χ4v) is 5.70. The molecule has 3 saturated heterocycles. The summed E-state index contributed by atoms with van der Waals surface area (Å²) in [6, 6.07) is 8.44. The number of hydrogen-bond donors (Lipinski definition) is 2. The Balaban J connectivity index is 1.58. The topological polar surface area (TPSA) is 90.0 Å². The van der Waals surface area contributed by atoms with Crippen molar-refractivity contribution in [3.63, 3.8) is 0 Å². The first-order chi connectivity index (χ1) is 12.7. The average Bonchev–Trinajstić information content (AvgIpc) is 2.87. The fraction of sp³-hybridized carbons (Fsp3) is 0.526. The Labute approximate surface area is 162 Å². The lowest BCUT2D eigenvalue weighted by molar-refractivity contribution is -0.168. The summed E-state index contributed by atoms with van der Waals surface area (Å²) in [6.45, 7) is 5.65. The highest BCUT2D eigenvalue weighted by atomic mass is 32.2. The third kappa shape index (κ3) is 2.65. The second-order valence-electron chi connectivity index (χ2n) is 8.23. The Morgan fingerprint density at radius 1 is 1.19 bits per heavy atom. The third-order valence-electron chi connectivity index (χ3n) is 5.72. The molecule has 144 valence electrons. The van der Waals surface area contributed by atoms with E-state index in [2.05, 4.69) is 5.32 Å². The van der Waals surface area contributed by atoms with Gasteiger partial charge in [0.15, 0.2) is 0 Å². The standard InChI is InChI=1S/C19H23N3O4S/c1-18(2)20-12(11-7-5-4-6-8-11)14(23)22(18)13-15(24)21-9-19(3,17(25)26)10-27-16(13)21/h4-8,12-13,16,20H,9-10H2,1-3H3,(H,25,26)/t12?,13?,16-,19?/m1/s1. The van der Waals surface area contributed by atoms with Crippen LogP contribution in [-0.2, 0) is 14.4 Å². The first-order valence-corrected chi connectivity index (χ1v) is 10.0. The summed E-state index contributed by atoms with van der Waals surface area (Å²) < 4.78 is 0. The van der Waals surface area contributed by atoms with Crippen LogP contribution in [0.15, 0.2) is 30.3 Å². The molecule has 0 aromatic heterocycles. The van der Waals surface area contributed by atoms with Crippen molar-refractivity contribution in [3.8, 4) is 0 Å². The van der Waals surface area contributed by atoms with E-state index in [1.807, 2.05) is 44.2 Å². The van der Waals surface area contributed by atoms with E-state index in [1.54, 1.807) is 16.7 Å². The minimum Gasteiger partial charge on any atom is -0.481 e. The molecule has 3 fully saturated rings. The second-order valence-corrected chi connectivity index (χ2v) is 9.34. The average molecular weight is 389 g/mol. The number of benzene rings is 1. The molecule has 1 aromatic carbocycles. The smallest absolute Gasteiger partial charge is 0.312 e. The Morgan fingerprint density at radius 3 is 2.48 bits per heavy atom. The number of carbonyl (C=O) groups is 3. The summed E-state index contributed by atoms with van der Waals surface area (Å²) in [5.74, 6) is -0.758. The van der Waals surface area contributed by atoms with Crippen LogP contribution in [0.25, 0.3) is 0 Å². The number of rotatable bonds is 3. The number of amides is 2. The van der Waals surface area contributed by atoms with Gasteiger partial charge < -0.3 is 14.9 Å². The number of carboxylic acid groups (broad SMARTS) is 1. The van der Waals surface area contributed by atoms with E-state index >= 15 is 0 Å². The van der Waals surface area contributed by atoms with Crippen LogP contribution in [0, 0.1) is 5.41 Å². The highest BCUT2D eigenvalue weighted by molar-refractivity contribution is 8.00. The molecular weight excluding hydrogens is 366 g/mol. The molecule has 2 amide bonds. The van der Waals surface area contributed by atoms with Crippen molar-refractivity contribution in [2.75, 3.05) is 12.3 Å². The minimum absolute atomic E-state index is 0.114. The Bertz CT molecular complexity index is 814. The first-order valence-electron chi connectivity index (χ1n) is 8.97. The Morgan fingerprint density at radius 2 is 1.85 bits per heavy atom. The maximum absolute atomic E-state index is 13.2. The maximum atomic E-state index is 13.2. The van der Waals surface area contributed by atoms with Crippen molar-refractivity contribution in [3.05, 3.63) is 35.9 Å². The molecule has 0 aliphatic carbocycles. The number of nitrogens with zero attached hydrogens (tertiary/aromatic N) is 2. The molecule has 3 aliphatic heterocycles. The van der Waals surface area contributed by atoms with E-state index in [1.165, 1.54) is 11.8 Å². The molecule has 3 unspecified atom stereocenters. The number of hydrogen-bond acceptors (Lipinski definition) is 5. The number of nitrogens with one attached hydrogen (secondary N) is 1. The molecule has 4 rings (SSSR count). The van der Waals surface area contributed by atoms with Crippen LogP contribution in [0.4, 0.5) is 0 Å². The largest absolute Gasteiger partial charge is 0.481 e. The number of β-lactam (4-membered cyclic amide) rings is 1. The fourth-order valence-electron chi connectivity index (χ4n) is 4.17. The highest BCUT2D eigenvalue weighted by Gasteiger charge is 2.62. The molecule has 7 nitrogen and oxygen atoms in total. The van der Waals surface area contributed by atoms with Crippen molar-refractivity contribution < 1.29 is 19.5 Å². The van der Waals surface area contributed by atoms with Gasteiger partial charge in [0.1, 0.15) is 17.5 Å². The summed E-state index contributed by atoms with van der Waals surface area (Å²) in [7, 11) is 0. The number of aliphatic carboxylic acids is 1. The predicted molar refractivity (Wildman–Crippen MR) is 101 cm³/mol. The van der Waals surface area contributed by atoms with Crippen molar-refractivity contribution in [1.29, 1.82) is 0 Å². The highest BCUT2D eigenvalue weighted by Crippen LogP contribution is 2.46. The van der Waals surface area contributed by atoms with E-state index in [0.29, 0.717) is 5.75 Å². The summed E-state index contributed by atoms with van der Waals surface area (Å²) >= 11 is 1.45. The Hall–Kier alpha value is -2.06. The van der Waals surface area contributed by atoms with Crippen molar-refractivity contribution in [1.82, 2.24) is 15.1 Å². The van der Waals surface area contributed by atoms with Crippen molar-refractivity contribution >= 4 is 29.5 Å². The SMILES string of the molecule is CC1(C(=O)O)CS[C@@H]2C(N3C(=O)C(c4ccccc4)NC3(C)C)C(=O)N2C1. The lowest BCUT2D eigenvalue weighted by Gasteiger charge is -2.57. The summed E-state index contributed by atoms with van der Waals surface area (Å²) in [5, 5.41) is 12.6. The number of fused-ring (bicyclic) bond motifs is 1. The van der Waals surface area contributed by atoms with Gasteiger partial charge in [-0.1, -0.05) is 30.3 Å². The Kier molecular flexibility index (Phi) is 4.05. The van der Waals surface area contributed by atoms with Gasteiger partial charge in [0.2, 0.25) is 11.8 Å². The van der Waals surface area contributed by atoms with Gasteiger partial charge in [0.05, 0.1) is 11.1 Å². The predicted octanol–water partition coefficient (Wildman–Crippen LogP) is 1.27. The van der Waals surface area contributed by atoms with Gasteiger partial charge in [-0.15, -0.1) is 11.8 Å². The van der Waals surface area contributed by atoms with E-state index in [4.69, 9.17) is 0 Å². The quantitative estimate of drug-likeness (QED) is 0.757. The molecule has 3 aliphatic rings. The third-order valence-corrected chi connectivity index (χ3v) is 7.37. The van der Waals surface area contributed by atoms with Crippen molar-refractivity contribution in [2.45, 2.75) is 43.9 Å². The van der Waals surface area contributed by atoms with Gasteiger partial charge in [-0.2, -0.15) is 0 Å². The molecule has 0 saturated carbocycles. The molecule has 0 radical (unpaired) electrons. The van der Waals surface area contributed by atoms with Gasteiger partial charge >= 0.3 is 5.97 Å². The first kappa shape index (κ1) is 18.3. The summed E-state index contributed by atoms with van der Waals surface area (Å²) in [6.07, 6.45) is 0. The molecule has 27 heavy (non-hydrogen) atoms. The van der Waals surface area contributed by atoms with E-state index < -0.39 is 29.1 Å². The summed E-state index contributed by atoms with van der Waals surface area (Å²) in [4.78, 5) is 40.9. The van der Waals surface area contributed by atoms with Crippen LogP contribution < -0.4 is 5.32 Å². The lowest BCUT2D eigenvalue weighted by atomic mass is 9.89. The lowest BCUT2D eigenvalue weighted by Crippen LogP contribution is -2.75. The molecule has 8 heteroatoms. The molecule has 2 N–H and O–H groups in total. The van der Waals surface area contributed by atoms with E-state index in [0.717, 1.165) is 5.56 Å². The van der Waals surface area contributed by atoms with Crippen molar-refractivity contribution in [2.24, 2.45) is 5.41 Å². The van der Waals surface area contributed by atoms with Gasteiger partial charge in [-0.3, -0.25) is 19.7 Å². The van der Waals surface area contributed by atoms with Crippen LogP contribution >= 0.6 is 11.8 Å². The zero-order chi connectivity index (χ0) is 19.6. The zero-order valence-corrected chi connectivity index (χ0v) is 16.3. The van der Waals surface area contributed by atoms with Crippen LogP contribution in [0.1, 0.15) is 32.4 Å². The minimum atomic E-state index is -0.947. The van der Waals surface area contributed by atoms with Gasteiger partial charge in [-0.25, -0.2) is 0 Å². The zero-order valence-electron chi connectivity index (χ0n) is 15.5. The maximum Gasteiger partial charge on any atom is 0.312 e.